The number of hydrogen-bond acceptors (Lipinski definition) is 3. The average molecular weight is 383 g/mol. The third-order valence-electron chi connectivity index (χ3n) is 3.63. The Balaban J connectivity index is 1.50. The summed E-state index contributed by atoms with van der Waals surface area (Å²) in [7, 11) is 0. The lowest BCUT2D eigenvalue weighted by molar-refractivity contribution is -0.137. The number of nitrogens with one attached hydrogen (secondary N) is 3. The first-order chi connectivity index (χ1) is 12.3. The van der Waals surface area contributed by atoms with Crippen LogP contribution in [0.5, 0.6) is 0 Å². The summed E-state index contributed by atoms with van der Waals surface area (Å²) >= 11 is 5.91. The SMILES string of the molecule is O=C(NCCNc1ccc(C(F)(F)F)cn1)c1cc2cc(Cl)ccc2[nH]1. The number of aromatic nitrogens is 2. The Labute approximate surface area is 151 Å². The maximum atomic E-state index is 12.5. The van der Waals surface area contributed by atoms with Crippen LogP contribution in [0.15, 0.2) is 42.6 Å². The lowest BCUT2D eigenvalue weighted by Gasteiger charge is -2.09. The minimum atomic E-state index is -4.41. The van der Waals surface area contributed by atoms with Crippen LogP contribution in [0.25, 0.3) is 10.9 Å². The Bertz CT molecular complexity index is 922. The van der Waals surface area contributed by atoms with E-state index >= 15 is 0 Å². The van der Waals surface area contributed by atoms with Gasteiger partial charge in [-0.2, -0.15) is 13.2 Å². The van der Waals surface area contributed by atoms with Crippen molar-refractivity contribution in [1.82, 2.24) is 15.3 Å². The monoisotopic (exact) mass is 382 g/mol. The highest BCUT2D eigenvalue weighted by molar-refractivity contribution is 6.31. The van der Waals surface area contributed by atoms with Gasteiger partial charge in [-0.05, 0) is 36.4 Å². The van der Waals surface area contributed by atoms with Crippen molar-refractivity contribution >= 4 is 34.2 Å². The van der Waals surface area contributed by atoms with Crippen LogP contribution < -0.4 is 10.6 Å². The van der Waals surface area contributed by atoms with Crippen molar-refractivity contribution in [3.05, 3.63) is 58.9 Å². The first kappa shape index (κ1) is 18.1. The summed E-state index contributed by atoms with van der Waals surface area (Å²) < 4.78 is 37.4. The van der Waals surface area contributed by atoms with Crippen LogP contribution in [0.2, 0.25) is 5.02 Å². The minimum Gasteiger partial charge on any atom is -0.368 e. The van der Waals surface area contributed by atoms with Gasteiger partial charge in [-0.15, -0.1) is 0 Å². The quantitative estimate of drug-likeness (QED) is 0.582. The second-order valence-corrected chi connectivity index (χ2v) is 5.96. The van der Waals surface area contributed by atoms with Crippen LogP contribution >= 0.6 is 11.6 Å². The Kier molecular flexibility index (Phi) is 5.03. The summed E-state index contributed by atoms with van der Waals surface area (Å²) in [5.74, 6) is 0.00649. The molecule has 0 saturated carbocycles. The summed E-state index contributed by atoms with van der Waals surface area (Å²) in [4.78, 5) is 18.8. The predicted octanol–water partition coefficient (Wildman–Crippen LogP) is 4.08. The van der Waals surface area contributed by atoms with Gasteiger partial charge in [-0.1, -0.05) is 11.6 Å². The molecule has 3 rings (SSSR count). The van der Waals surface area contributed by atoms with Gasteiger partial charge in [0.15, 0.2) is 0 Å². The minimum absolute atomic E-state index is 0.275. The molecule has 0 fully saturated rings. The second-order valence-electron chi connectivity index (χ2n) is 5.53. The summed E-state index contributed by atoms with van der Waals surface area (Å²) in [5.41, 5.74) is 0.386. The Morgan fingerprint density at radius 2 is 1.96 bits per heavy atom. The summed E-state index contributed by atoms with van der Waals surface area (Å²) in [5, 5.41) is 6.96. The van der Waals surface area contributed by atoms with Crippen molar-refractivity contribution in [3.63, 3.8) is 0 Å². The van der Waals surface area contributed by atoms with Gasteiger partial charge in [0.25, 0.3) is 5.91 Å². The predicted molar refractivity (Wildman–Crippen MR) is 93.4 cm³/mol. The van der Waals surface area contributed by atoms with Gasteiger partial charge in [0, 0.05) is 35.2 Å². The molecule has 9 heteroatoms. The molecule has 1 aromatic carbocycles. The van der Waals surface area contributed by atoms with E-state index < -0.39 is 11.7 Å². The number of carbonyl (C=O) groups excluding carboxylic acids is 1. The van der Waals surface area contributed by atoms with E-state index in [0.29, 0.717) is 23.1 Å². The molecule has 1 amide bonds. The fourth-order valence-electron chi connectivity index (χ4n) is 2.35. The standard InChI is InChI=1S/C17H14ClF3N4O/c18-12-2-3-13-10(7-12)8-14(25-13)16(26)23-6-5-22-15-4-1-11(9-24-15)17(19,20)21/h1-4,7-9,25H,5-6H2,(H,22,24)(H,23,26). The van der Waals surface area contributed by atoms with Crippen molar-refractivity contribution in [2.24, 2.45) is 0 Å². The molecule has 5 nitrogen and oxygen atoms in total. The van der Waals surface area contributed by atoms with Gasteiger partial charge >= 0.3 is 6.18 Å². The molecule has 26 heavy (non-hydrogen) atoms. The third-order valence-corrected chi connectivity index (χ3v) is 3.87. The Morgan fingerprint density at radius 1 is 1.15 bits per heavy atom. The number of pyridine rings is 1. The van der Waals surface area contributed by atoms with E-state index in [1.807, 2.05) is 0 Å². The topological polar surface area (TPSA) is 69.8 Å². The molecule has 0 bridgehead atoms. The molecule has 0 aliphatic heterocycles. The van der Waals surface area contributed by atoms with Crippen LogP contribution in [-0.4, -0.2) is 29.0 Å². The normalized spacial score (nSPS) is 11.5. The number of rotatable bonds is 5. The molecule has 2 heterocycles. The van der Waals surface area contributed by atoms with Crippen LogP contribution in [0, 0.1) is 0 Å². The largest absolute Gasteiger partial charge is 0.417 e. The zero-order valence-corrected chi connectivity index (χ0v) is 14.1. The van der Waals surface area contributed by atoms with Gasteiger partial charge in [-0.3, -0.25) is 4.79 Å². The Morgan fingerprint density at radius 3 is 2.65 bits per heavy atom. The second kappa shape index (κ2) is 7.25. The lowest BCUT2D eigenvalue weighted by atomic mass is 10.2. The first-order valence-corrected chi connectivity index (χ1v) is 8.04. The molecular weight excluding hydrogens is 369 g/mol. The number of nitrogens with zero attached hydrogens (tertiary/aromatic N) is 1. The number of hydrogen-bond donors (Lipinski definition) is 3. The van der Waals surface area contributed by atoms with E-state index in [1.54, 1.807) is 24.3 Å². The number of anilines is 1. The highest BCUT2D eigenvalue weighted by atomic mass is 35.5. The highest BCUT2D eigenvalue weighted by Gasteiger charge is 2.30. The van der Waals surface area contributed by atoms with Crippen molar-refractivity contribution < 1.29 is 18.0 Å². The molecule has 0 saturated heterocycles. The molecular formula is C17H14ClF3N4O. The van der Waals surface area contributed by atoms with E-state index in [4.69, 9.17) is 11.6 Å². The van der Waals surface area contributed by atoms with Crippen LogP contribution in [0.4, 0.5) is 19.0 Å². The number of aromatic amines is 1. The number of halogens is 4. The summed E-state index contributed by atoms with van der Waals surface area (Å²) in [6.45, 7) is 0.591. The zero-order chi connectivity index (χ0) is 18.7. The maximum absolute atomic E-state index is 12.5. The number of fused-ring (bicyclic) bond motifs is 1. The number of amides is 1. The number of carbonyl (C=O) groups is 1. The van der Waals surface area contributed by atoms with Crippen molar-refractivity contribution in [3.8, 4) is 0 Å². The number of H-pyrrole nitrogens is 1. The molecule has 2 aromatic heterocycles. The molecule has 0 radical (unpaired) electrons. The third kappa shape index (κ3) is 4.26. The van der Waals surface area contributed by atoms with Gasteiger partial charge in [0.1, 0.15) is 11.5 Å². The fraction of sp³-hybridized carbons (Fsp3) is 0.176. The molecule has 0 unspecified atom stereocenters. The van der Waals surface area contributed by atoms with E-state index in [0.717, 1.165) is 23.2 Å². The average Bonchev–Trinajstić information content (AvgIpc) is 3.01. The number of benzene rings is 1. The highest BCUT2D eigenvalue weighted by Crippen LogP contribution is 2.28. The lowest BCUT2D eigenvalue weighted by Crippen LogP contribution is -2.29. The van der Waals surface area contributed by atoms with Crippen molar-refractivity contribution in [2.75, 3.05) is 18.4 Å². The molecule has 0 aliphatic rings. The first-order valence-electron chi connectivity index (χ1n) is 7.66. The fourth-order valence-corrected chi connectivity index (χ4v) is 2.53. The van der Waals surface area contributed by atoms with Gasteiger partial charge in [0.2, 0.25) is 0 Å². The molecule has 3 N–H and O–H groups in total. The van der Waals surface area contributed by atoms with Gasteiger partial charge in [-0.25, -0.2) is 4.98 Å². The van der Waals surface area contributed by atoms with E-state index in [2.05, 4.69) is 20.6 Å². The maximum Gasteiger partial charge on any atom is 0.417 e. The Hall–Kier alpha value is -2.74. The number of alkyl halides is 3. The van der Waals surface area contributed by atoms with Gasteiger partial charge < -0.3 is 15.6 Å². The van der Waals surface area contributed by atoms with Gasteiger partial charge in [0.05, 0.1) is 5.56 Å². The summed E-state index contributed by atoms with van der Waals surface area (Å²) in [6.07, 6.45) is -3.65. The van der Waals surface area contributed by atoms with E-state index in [9.17, 15) is 18.0 Å². The van der Waals surface area contributed by atoms with Crippen LogP contribution in [-0.2, 0) is 6.18 Å². The molecule has 3 aromatic rings. The molecule has 136 valence electrons. The smallest absolute Gasteiger partial charge is 0.368 e. The molecule has 0 spiro atoms. The van der Waals surface area contributed by atoms with E-state index in [1.165, 1.54) is 6.07 Å². The van der Waals surface area contributed by atoms with Crippen LogP contribution in [0.1, 0.15) is 16.1 Å². The van der Waals surface area contributed by atoms with Crippen molar-refractivity contribution in [1.29, 1.82) is 0 Å². The molecule has 0 atom stereocenters. The van der Waals surface area contributed by atoms with Crippen LogP contribution in [0.3, 0.4) is 0 Å². The van der Waals surface area contributed by atoms with E-state index in [-0.39, 0.29) is 12.5 Å². The zero-order valence-electron chi connectivity index (χ0n) is 13.3. The molecule has 0 aliphatic carbocycles. The summed E-state index contributed by atoms with van der Waals surface area (Å²) in [6, 6.07) is 9.15. The van der Waals surface area contributed by atoms with Crippen molar-refractivity contribution in [2.45, 2.75) is 6.18 Å².